The first-order valence-electron chi connectivity index (χ1n) is 7.15. The monoisotopic (exact) mass is 259 g/mol. The van der Waals surface area contributed by atoms with Gasteiger partial charge in [-0.1, -0.05) is 18.2 Å². The van der Waals surface area contributed by atoms with Crippen LogP contribution in [0, 0.1) is 11.8 Å². The molecule has 0 aliphatic heterocycles. The molecule has 2 unspecified atom stereocenters. The highest BCUT2D eigenvalue weighted by molar-refractivity contribution is 5.73. The van der Waals surface area contributed by atoms with Crippen molar-refractivity contribution in [3.05, 3.63) is 34.9 Å². The first-order chi connectivity index (χ1) is 9.13. The summed E-state index contributed by atoms with van der Waals surface area (Å²) in [6.07, 6.45) is 4.59. The second kappa shape index (κ2) is 4.97. The minimum absolute atomic E-state index is 0.0949. The average molecular weight is 259 g/mol. The molecule has 102 valence electrons. The maximum Gasteiger partial charge on any atom is 0.306 e. The molecule has 0 radical (unpaired) electrons. The summed E-state index contributed by atoms with van der Waals surface area (Å²) in [4.78, 5) is 13.1. The minimum atomic E-state index is -0.629. The molecule has 0 aromatic heterocycles. The van der Waals surface area contributed by atoms with Gasteiger partial charge in [0.1, 0.15) is 0 Å². The molecule has 0 amide bonds. The van der Waals surface area contributed by atoms with Crippen LogP contribution in [0.5, 0.6) is 0 Å². The highest BCUT2D eigenvalue weighted by Gasteiger charge is 2.43. The molecule has 1 fully saturated rings. The van der Waals surface area contributed by atoms with Gasteiger partial charge in [-0.25, -0.2) is 0 Å². The lowest BCUT2D eigenvalue weighted by molar-refractivity contribution is -0.138. The fourth-order valence-corrected chi connectivity index (χ4v) is 3.25. The Kier molecular flexibility index (Phi) is 3.31. The van der Waals surface area contributed by atoms with E-state index in [1.165, 1.54) is 36.0 Å². The Morgan fingerprint density at radius 1 is 1.37 bits per heavy atom. The lowest BCUT2D eigenvalue weighted by Crippen LogP contribution is -2.21. The van der Waals surface area contributed by atoms with Crippen LogP contribution < -0.4 is 0 Å². The van der Waals surface area contributed by atoms with Gasteiger partial charge in [0.2, 0.25) is 0 Å². The molecule has 1 saturated carbocycles. The van der Waals surface area contributed by atoms with E-state index in [9.17, 15) is 4.79 Å². The van der Waals surface area contributed by atoms with E-state index >= 15 is 0 Å². The van der Waals surface area contributed by atoms with Crippen LogP contribution in [0.1, 0.15) is 29.5 Å². The molecule has 0 spiro atoms. The Morgan fingerprint density at radius 2 is 2.16 bits per heavy atom. The number of aliphatic carboxylic acids is 1. The van der Waals surface area contributed by atoms with Gasteiger partial charge in [-0.2, -0.15) is 0 Å². The maximum absolute atomic E-state index is 10.8. The van der Waals surface area contributed by atoms with Gasteiger partial charge in [0.25, 0.3) is 0 Å². The van der Waals surface area contributed by atoms with Crippen LogP contribution in [0.25, 0.3) is 0 Å². The van der Waals surface area contributed by atoms with Gasteiger partial charge in [0.05, 0.1) is 5.92 Å². The van der Waals surface area contributed by atoms with E-state index in [-0.39, 0.29) is 5.92 Å². The zero-order valence-electron chi connectivity index (χ0n) is 11.4. The van der Waals surface area contributed by atoms with Crippen LogP contribution in [-0.2, 0) is 24.2 Å². The number of hydrogen-bond donors (Lipinski definition) is 1. The number of benzene rings is 1. The van der Waals surface area contributed by atoms with Crippen molar-refractivity contribution in [2.45, 2.75) is 32.2 Å². The van der Waals surface area contributed by atoms with Gasteiger partial charge >= 0.3 is 5.97 Å². The van der Waals surface area contributed by atoms with Crippen LogP contribution >= 0.6 is 0 Å². The van der Waals surface area contributed by atoms with Crippen LogP contribution in [0.4, 0.5) is 0 Å². The molecule has 1 aromatic carbocycles. The van der Waals surface area contributed by atoms with Crippen molar-refractivity contribution in [3.8, 4) is 0 Å². The second-order valence-electron chi connectivity index (χ2n) is 6.09. The molecule has 3 heteroatoms. The number of rotatable bonds is 5. The average Bonchev–Trinajstić information content (AvgIpc) is 2.97. The summed E-state index contributed by atoms with van der Waals surface area (Å²) in [6, 6.07) is 6.82. The molecule has 3 nitrogen and oxygen atoms in total. The Labute approximate surface area is 114 Å². The predicted molar refractivity (Wildman–Crippen MR) is 74.0 cm³/mol. The van der Waals surface area contributed by atoms with E-state index in [1.54, 1.807) is 0 Å². The summed E-state index contributed by atoms with van der Waals surface area (Å²) in [7, 11) is 2.09. The highest BCUT2D eigenvalue weighted by atomic mass is 16.4. The van der Waals surface area contributed by atoms with Crippen LogP contribution in [-0.4, -0.2) is 29.6 Å². The third kappa shape index (κ3) is 2.81. The van der Waals surface area contributed by atoms with Gasteiger partial charge in [-0.15, -0.1) is 0 Å². The van der Waals surface area contributed by atoms with Crippen molar-refractivity contribution in [1.82, 2.24) is 4.90 Å². The normalized spacial score (nSPS) is 24.5. The molecule has 3 rings (SSSR count). The second-order valence-corrected chi connectivity index (χ2v) is 6.09. The van der Waals surface area contributed by atoms with Crippen LogP contribution in [0.2, 0.25) is 0 Å². The molecule has 0 saturated heterocycles. The third-order valence-electron chi connectivity index (χ3n) is 4.40. The molecule has 19 heavy (non-hydrogen) atoms. The van der Waals surface area contributed by atoms with Gasteiger partial charge in [0, 0.05) is 13.1 Å². The zero-order valence-corrected chi connectivity index (χ0v) is 11.4. The van der Waals surface area contributed by atoms with E-state index in [1.807, 2.05) is 0 Å². The first-order valence-corrected chi connectivity index (χ1v) is 7.15. The molecular formula is C16H21NO2. The Balaban J connectivity index is 1.55. The highest BCUT2D eigenvalue weighted by Crippen LogP contribution is 2.39. The Bertz CT molecular complexity index is 498. The largest absolute Gasteiger partial charge is 0.481 e. The quantitative estimate of drug-likeness (QED) is 0.882. The summed E-state index contributed by atoms with van der Waals surface area (Å²) in [6.45, 7) is 1.82. The van der Waals surface area contributed by atoms with E-state index < -0.39 is 5.97 Å². The van der Waals surface area contributed by atoms with E-state index in [0.29, 0.717) is 5.92 Å². The lowest BCUT2D eigenvalue weighted by atomic mass is 10.1. The first kappa shape index (κ1) is 12.7. The summed E-state index contributed by atoms with van der Waals surface area (Å²) in [5.41, 5.74) is 4.39. The summed E-state index contributed by atoms with van der Waals surface area (Å²) >= 11 is 0. The summed E-state index contributed by atoms with van der Waals surface area (Å²) in [5.74, 6) is -0.365. The van der Waals surface area contributed by atoms with Crippen LogP contribution in [0.3, 0.4) is 0 Å². The number of hydrogen-bond acceptors (Lipinski definition) is 2. The van der Waals surface area contributed by atoms with Crippen molar-refractivity contribution >= 4 is 5.97 Å². The summed E-state index contributed by atoms with van der Waals surface area (Å²) < 4.78 is 0. The van der Waals surface area contributed by atoms with E-state index in [2.05, 4.69) is 30.1 Å². The number of carbonyl (C=O) groups is 1. The van der Waals surface area contributed by atoms with Crippen molar-refractivity contribution in [3.63, 3.8) is 0 Å². The predicted octanol–water partition coefficient (Wildman–Crippen LogP) is 2.33. The molecule has 2 aliphatic carbocycles. The Hall–Kier alpha value is -1.35. The van der Waals surface area contributed by atoms with Crippen molar-refractivity contribution in [1.29, 1.82) is 0 Å². The van der Waals surface area contributed by atoms with Gasteiger partial charge in [-0.05, 0) is 55.3 Å². The molecule has 0 bridgehead atoms. The molecule has 2 aliphatic rings. The van der Waals surface area contributed by atoms with E-state index in [0.717, 1.165) is 19.5 Å². The van der Waals surface area contributed by atoms with Crippen molar-refractivity contribution < 1.29 is 9.90 Å². The van der Waals surface area contributed by atoms with Gasteiger partial charge in [-0.3, -0.25) is 4.79 Å². The molecular weight excluding hydrogens is 238 g/mol. The third-order valence-corrected chi connectivity index (χ3v) is 4.40. The minimum Gasteiger partial charge on any atom is -0.481 e. The topological polar surface area (TPSA) is 40.5 Å². The number of fused-ring (bicyclic) bond motifs is 1. The van der Waals surface area contributed by atoms with Crippen LogP contribution in [0.15, 0.2) is 18.2 Å². The van der Waals surface area contributed by atoms with E-state index in [4.69, 9.17) is 5.11 Å². The standard InChI is InChI=1S/C16H21NO2/c1-17(10-14-8-15(14)16(18)19)9-11-5-6-12-3-2-4-13(12)7-11/h5-7,14-15H,2-4,8-10H2,1H3,(H,18,19). The number of carboxylic acid groups (broad SMARTS) is 1. The zero-order chi connectivity index (χ0) is 13.4. The van der Waals surface area contributed by atoms with Gasteiger partial charge in [0.15, 0.2) is 0 Å². The number of nitrogens with zero attached hydrogens (tertiary/aromatic N) is 1. The lowest BCUT2D eigenvalue weighted by Gasteiger charge is -2.17. The Morgan fingerprint density at radius 3 is 2.89 bits per heavy atom. The maximum atomic E-state index is 10.8. The smallest absolute Gasteiger partial charge is 0.306 e. The van der Waals surface area contributed by atoms with Crippen molar-refractivity contribution in [2.24, 2.45) is 11.8 Å². The van der Waals surface area contributed by atoms with Gasteiger partial charge < -0.3 is 10.0 Å². The fraction of sp³-hybridized carbons (Fsp3) is 0.562. The molecule has 1 N–H and O–H groups in total. The SMILES string of the molecule is CN(Cc1ccc2c(c1)CCC2)CC1CC1C(=O)O. The molecule has 1 aromatic rings. The summed E-state index contributed by atoms with van der Waals surface area (Å²) in [5, 5.41) is 8.91. The molecule has 2 atom stereocenters. The number of carboxylic acids is 1. The number of aryl methyl sites for hydroxylation is 2. The van der Waals surface area contributed by atoms with Crippen molar-refractivity contribution in [2.75, 3.05) is 13.6 Å². The molecule has 0 heterocycles. The fourth-order valence-electron chi connectivity index (χ4n) is 3.25.